The summed E-state index contributed by atoms with van der Waals surface area (Å²) in [6.45, 7) is 2.42. The van der Waals surface area contributed by atoms with Crippen LogP contribution in [0.2, 0.25) is 5.02 Å². The molecule has 2 aromatic rings. The lowest BCUT2D eigenvalue weighted by atomic mass is 9.98. The van der Waals surface area contributed by atoms with Gasteiger partial charge in [-0.05, 0) is 37.5 Å². The lowest BCUT2D eigenvalue weighted by Crippen LogP contribution is -2.41. The van der Waals surface area contributed by atoms with Crippen molar-refractivity contribution in [2.75, 3.05) is 5.32 Å². The maximum atomic E-state index is 12.5. The zero-order chi connectivity index (χ0) is 20.1. The molecular weight excluding hydrogens is 398 g/mol. The number of hydrogen-bond donors (Lipinski definition) is 3. The Balaban J connectivity index is 1.58. The van der Waals surface area contributed by atoms with Gasteiger partial charge in [-0.1, -0.05) is 37.3 Å². The number of carboxylic acid groups (broad SMARTS) is 1. The minimum Gasteiger partial charge on any atom is -0.480 e. The van der Waals surface area contributed by atoms with Crippen molar-refractivity contribution in [3.8, 4) is 0 Å². The van der Waals surface area contributed by atoms with Gasteiger partial charge < -0.3 is 15.7 Å². The van der Waals surface area contributed by atoms with E-state index in [2.05, 4.69) is 15.6 Å². The van der Waals surface area contributed by atoms with Gasteiger partial charge in [-0.15, -0.1) is 11.3 Å². The quantitative estimate of drug-likeness (QED) is 0.584. The number of carbonyl (C=O) groups is 2. The lowest BCUT2D eigenvalue weighted by molar-refractivity contribution is -0.139. The molecule has 2 aromatic heterocycles. The van der Waals surface area contributed by atoms with Crippen LogP contribution in [-0.4, -0.2) is 28.0 Å². The number of nitrogens with zero attached hydrogens (tertiary/aromatic N) is 1. The minimum atomic E-state index is -0.970. The Hall–Kier alpha value is -2.12. The Bertz CT molecular complexity index is 849. The number of aryl methyl sites for hydroxylation is 1. The van der Waals surface area contributed by atoms with Gasteiger partial charge >= 0.3 is 5.97 Å². The molecule has 6 nitrogen and oxygen atoms in total. The van der Waals surface area contributed by atoms with E-state index in [1.54, 1.807) is 12.3 Å². The van der Waals surface area contributed by atoms with E-state index in [9.17, 15) is 14.7 Å². The molecule has 0 aromatic carbocycles. The molecular formula is C20H24ClN3O3S. The van der Waals surface area contributed by atoms with Gasteiger partial charge in [0.05, 0.1) is 21.3 Å². The van der Waals surface area contributed by atoms with Crippen LogP contribution in [0, 0.1) is 12.8 Å². The Morgan fingerprint density at radius 1 is 1.36 bits per heavy atom. The third kappa shape index (κ3) is 5.45. The first kappa shape index (κ1) is 20.6. The highest BCUT2D eigenvalue weighted by Crippen LogP contribution is 2.29. The highest BCUT2D eigenvalue weighted by atomic mass is 35.5. The van der Waals surface area contributed by atoms with Crippen molar-refractivity contribution >= 4 is 40.5 Å². The number of rotatable bonds is 8. The van der Waals surface area contributed by atoms with Crippen LogP contribution in [0.5, 0.6) is 0 Å². The van der Waals surface area contributed by atoms with Gasteiger partial charge in [0.2, 0.25) is 0 Å². The summed E-state index contributed by atoms with van der Waals surface area (Å²) in [4.78, 5) is 29.7. The molecule has 0 bridgehead atoms. The summed E-state index contributed by atoms with van der Waals surface area (Å²) in [5, 5.41) is 16.0. The summed E-state index contributed by atoms with van der Waals surface area (Å²) in [6.07, 6.45) is 6.49. The molecule has 28 heavy (non-hydrogen) atoms. The zero-order valence-electron chi connectivity index (χ0n) is 15.7. The molecule has 0 saturated heterocycles. The van der Waals surface area contributed by atoms with Crippen LogP contribution in [-0.2, 0) is 11.3 Å². The van der Waals surface area contributed by atoms with E-state index in [1.165, 1.54) is 11.3 Å². The fraction of sp³-hybridized carbons (Fsp3) is 0.450. The van der Waals surface area contributed by atoms with Gasteiger partial charge in [0.25, 0.3) is 5.91 Å². The number of aliphatic carboxylic acids is 1. The Labute approximate surface area is 173 Å². The third-order valence-electron chi connectivity index (χ3n) is 5.04. The average Bonchev–Trinajstić information content (AvgIpc) is 3.33. The van der Waals surface area contributed by atoms with Gasteiger partial charge in [-0.3, -0.25) is 9.78 Å². The van der Waals surface area contributed by atoms with E-state index < -0.39 is 12.0 Å². The Kier molecular flexibility index (Phi) is 6.91. The second kappa shape index (κ2) is 9.39. The number of anilines is 1. The first-order chi connectivity index (χ1) is 13.4. The molecule has 1 fully saturated rings. The molecule has 3 N–H and O–H groups in total. The maximum Gasteiger partial charge on any atom is 0.326 e. The van der Waals surface area contributed by atoms with Gasteiger partial charge in [0, 0.05) is 17.6 Å². The molecule has 1 aliphatic rings. The summed E-state index contributed by atoms with van der Waals surface area (Å²) in [5.41, 5.74) is 1.68. The number of carboxylic acids is 1. The molecule has 1 atom stereocenters. The average molecular weight is 422 g/mol. The first-order valence-electron chi connectivity index (χ1n) is 9.41. The number of carbonyl (C=O) groups excluding carboxylic acids is 1. The monoisotopic (exact) mass is 421 g/mol. The molecule has 3 rings (SSSR count). The smallest absolute Gasteiger partial charge is 0.326 e. The standard InChI is InChI=1S/C20H24ClN3O3S/c1-12-16(9-14(21)10-22-12)23-11-15-6-7-18(28-15)19(25)24-17(20(26)27)8-13-4-2-3-5-13/h6-7,9-10,13,17,23H,2-5,8,11H2,1H3,(H,24,25)(H,26,27)/t17-/m0/s1. The largest absolute Gasteiger partial charge is 0.480 e. The summed E-state index contributed by atoms with van der Waals surface area (Å²) in [6, 6.07) is 4.58. The van der Waals surface area contributed by atoms with Crippen LogP contribution in [0.4, 0.5) is 5.69 Å². The Morgan fingerprint density at radius 3 is 2.82 bits per heavy atom. The molecule has 8 heteroatoms. The second-order valence-electron chi connectivity index (χ2n) is 7.16. The van der Waals surface area contributed by atoms with Crippen LogP contribution in [0.1, 0.15) is 52.3 Å². The lowest BCUT2D eigenvalue weighted by Gasteiger charge is -2.17. The van der Waals surface area contributed by atoms with Crippen molar-refractivity contribution in [3.63, 3.8) is 0 Å². The van der Waals surface area contributed by atoms with Crippen LogP contribution in [0.25, 0.3) is 0 Å². The normalized spacial score (nSPS) is 15.4. The first-order valence-corrected chi connectivity index (χ1v) is 10.6. The second-order valence-corrected chi connectivity index (χ2v) is 8.76. The number of hydrogen-bond acceptors (Lipinski definition) is 5. The van der Waals surface area contributed by atoms with E-state index in [1.807, 2.05) is 19.1 Å². The van der Waals surface area contributed by atoms with E-state index in [0.717, 1.165) is 41.9 Å². The SMILES string of the molecule is Cc1ncc(Cl)cc1NCc1ccc(C(=O)N[C@@H](CC2CCCC2)C(=O)O)s1. The molecule has 0 radical (unpaired) electrons. The van der Waals surface area contributed by atoms with Crippen molar-refractivity contribution < 1.29 is 14.7 Å². The predicted octanol–water partition coefficient (Wildman–Crippen LogP) is 4.48. The van der Waals surface area contributed by atoms with Crippen LogP contribution < -0.4 is 10.6 Å². The molecule has 0 aliphatic heterocycles. The number of pyridine rings is 1. The predicted molar refractivity (Wildman–Crippen MR) is 111 cm³/mol. The fourth-order valence-corrected chi connectivity index (χ4v) is 4.50. The summed E-state index contributed by atoms with van der Waals surface area (Å²) >= 11 is 7.32. The number of halogens is 1. The molecule has 0 unspecified atom stereocenters. The van der Waals surface area contributed by atoms with E-state index in [0.29, 0.717) is 28.8 Å². The summed E-state index contributed by atoms with van der Waals surface area (Å²) in [5.74, 6) is -0.913. The molecule has 1 aliphatic carbocycles. The Morgan fingerprint density at radius 2 is 2.11 bits per heavy atom. The van der Waals surface area contributed by atoms with Crippen molar-refractivity contribution in [1.29, 1.82) is 0 Å². The van der Waals surface area contributed by atoms with Gasteiger partial charge in [0.15, 0.2) is 0 Å². The van der Waals surface area contributed by atoms with E-state index >= 15 is 0 Å². The van der Waals surface area contributed by atoms with Crippen LogP contribution in [0.3, 0.4) is 0 Å². The summed E-state index contributed by atoms with van der Waals surface area (Å²) in [7, 11) is 0. The maximum absolute atomic E-state index is 12.5. The van der Waals surface area contributed by atoms with Gasteiger partial charge in [-0.2, -0.15) is 0 Å². The molecule has 1 saturated carbocycles. The third-order valence-corrected chi connectivity index (χ3v) is 6.33. The van der Waals surface area contributed by atoms with Crippen molar-refractivity contribution in [1.82, 2.24) is 10.3 Å². The van der Waals surface area contributed by atoms with Crippen molar-refractivity contribution in [2.45, 2.75) is 51.6 Å². The highest BCUT2D eigenvalue weighted by Gasteiger charge is 2.27. The number of thiophene rings is 1. The van der Waals surface area contributed by atoms with E-state index in [4.69, 9.17) is 11.6 Å². The van der Waals surface area contributed by atoms with Crippen molar-refractivity contribution in [2.24, 2.45) is 5.92 Å². The zero-order valence-corrected chi connectivity index (χ0v) is 17.3. The number of amides is 1. The topological polar surface area (TPSA) is 91.3 Å². The highest BCUT2D eigenvalue weighted by molar-refractivity contribution is 7.14. The fourth-order valence-electron chi connectivity index (χ4n) is 3.49. The summed E-state index contributed by atoms with van der Waals surface area (Å²) < 4.78 is 0. The molecule has 2 heterocycles. The van der Waals surface area contributed by atoms with Gasteiger partial charge in [0.1, 0.15) is 6.04 Å². The van der Waals surface area contributed by atoms with Crippen LogP contribution >= 0.6 is 22.9 Å². The van der Waals surface area contributed by atoms with Gasteiger partial charge in [-0.25, -0.2) is 4.79 Å². The van der Waals surface area contributed by atoms with Crippen LogP contribution in [0.15, 0.2) is 24.4 Å². The van der Waals surface area contributed by atoms with E-state index in [-0.39, 0.29) is 5.91 Å². The molecule has 0 spiro atoms. The van der Waals surface area contributed by atoms with Crippen molar-refractivity contribution in [3.05, 3.63) is 44.9 Å². The minimum absolute atomic E-state index is 0.331. The molecule has 150 valence electrons. The molecule has 1 amide bonds. The number of aromatic nitrogens is 1. The number of nitrogens with one attached hydrogen (secondary N) is 2.